The summed E-state index contributed by atoms with van der Waals surface area (Å²) in [6.45, 7) is 1.66. The molecule has 4 nitrogen and oxygen atoms in total. The van der Waals surface area contributed by atoms with Gasteiger partial charge in [0.25, 0.3) is 5.91 Å². The molecule has 8 heteroatoms. The Balaban J connectivity index is 2.42. The first kappa shape index (κ1) is 17.0. The van der Waals surface area contributed by atoms with Gasteiger partial charge in [-0.15, -0.1) is 11.3 Å². The van der Waals surface area contributed by atoms with E-state index in [2.05, 4.69) is 4.98 Å². The molecule has 120 valence electrons. The number of halogens is 3. The summed E-state index contributed by atoms with van der Waals surface area (Å²) < 4.78 is 38.6. The number of carbonyl (C=O) groups is 1. The number of hydrogen-bond donors (Lipinski definition) is 0. The van der Waals surface area contributed by atoms with Gasteiger partial charge in [-0.2, -0.15) is 18.4 Å². The highest BCUT2D eigenvalue weighted by Crippen LogP contribution is 2.32. The zero-order chi connectivity index (χ0) is 17.0. The molecule has 0 aliphatic rings. The summed E-state index contributed by atoms with van der Waals surface area (Å²) in [5, 5.41) is 8.74. The molecule has 0 aliphatic carbocycles. The topological polar surface area (TPSA) is 57.0 Å². The monoisotopic (exact) mass is 339 g/mol. The maximum atomic E-state index is 12.9. The van der Waals surface area contributed by atoms with Crippen LogP contribution in [0.4, 0.5) is 18.9 Å². The minimum atomic E-state index is -4.50. The van der Waals surface area contributed by atoms with Crippen LogP contribution in [0.25, 0.3) is 0 Å². The molecule has 0 saturated heterocycles. The molecule has 0 N–H and O–H groups in total. The van der Waals surface area contributed by atoms with Gasteiger partial charge in [-0.1, -0.05) is 6.07 Å². The Hall–Kier alpha value is -2.40. The summed E-state index contributed by atoms with van der Waals surface area (Å²) in [5.41, 5.74) is 1.27. The highest BCUT2D eigenvalue weighted by Gasteiger charge is 2.31. The molecular weight excluding hydrogens is 327 g/mol. The SMILES string of the molecule is Cc1ncsc1C(=O)N(CCC#N)c1cccc(C(F)(F)F)c1. The molecule has 0 unspecified atom stereocenters. The predicted octanol–water partition coefficient (Wildman–Crippen LogP) is 4.03. The third-order valence-electron chi connectivity index (χ3n) is 3.12. The number of aromatic nitrogens is 1. The standard InChI is InChI=1S/C15H12F3N3OS/c1-10-13(23-9-20-10)14(22)21(7-3-6-19)12-5-2-4-11(8-12)15(16,17)18/h2,4-5,8-9H,3,7H2,1H3. The summed E-state index contributed by atoms with van der Waals surface area (Å²) in [5.74, 6) is -0.459. The lowest BCUT2D eigenvalue weighted by Gasteiger charge is -2.22. The Morgan fingerprint density at radius 1 is 1.43 bits per heavy atom. The average Bonchev–Trinajstić information content (AvgIpc) is 2.93. The zero-order valence-corrected chi connectivity index (χ0v) is 12.9. The van der Waals surface area contributed by atoms with E-state index in [4.69, 9.17) is 5.26 Å². The average molecular weight is 339 g/mol. The molecular formula is C15H12F3N3OS. The number of anilines is 1. The van der Waals surface area contributed by atoms with E-state index >= 15 is 0 Å². The molecule has 0 bridgehead atoms. The van der Waals surface area contributed by atoms with E-state index < -0.39 is 17.6 Å². The van der Waals surface area contributed by atoms with Gasteiger partial charge in [0, 0.05) is 12.2 Å². The summed E-state index contributed by atoms with van der Waals surface area (Å²) in [7, 11) is 0. The summed E-state index contributed by atoms with van der Waals surface area (Å²) in [4.78, 5) is 18.1. The number of aryl methyl sites for hydroxylation is 1. The van der Waals surface area contributed by atoms with Crippen molar-refractivity contribution in [3.05, 3.63) is 45.9 Å². The smallest absolute Gasteiger partial charge is 0.307 e. The number of nitrogens with zero attached hydrogens (tertiary/aromatic N) is 3. The second-order valence-corrected chi connectivity index (χ2v) is 5.53. The van der Waals surface area contributed by atoms with Crippen LogP contribution in [0.2, 0.25) is 0 Å². The number of rotatable bonds is 4. The third kappa shape index (κ3) is 3.87. The minimum Gasteiger partial charge on any atom is -0.307 e. The van der Waals surface area contributed by atoms with Gasteiger partial charge in [-0.05, 0) is 25.1 Å². The number of hydrogen-bond acceptors (Lipinski definition) is 4. The Kier molecular flexibility index (Phi) is 5.01. The van der Waals surface area contributed by atoms with Crippen LogP contribution in [-0.2, 0) is 6.18 Å². The highest BCUT2D eigenvalue weighted by molar-refractivity contribution is 7.12. The Labute approximate surface area is 134 Å². The second kappa shape index (κ2) is 6.79. The van der Waals surface area contributed by atoms with Gasteiger partial charge in [0.05, 0.1) is 29.3 Å². The van der Waals surface area contributed by atoms with Crippen molar-refractivity contribution < 1.29 is 18.0 Å². The van der Waals surface area contributed by atoms with Gasteiger partial charge in [0.15, 0.2) is 0 Å². The lowest BCUT2D eigenvalue weighted by atomic mass is 10.1. The van der Waals surface area contributed by atoms with Crippen molar-refractivity contribution in [2.24, 2.45) is 0 Å². The van der Waals surface area contributed by atoms with E-state index in [1.165, 1.54) is 22.5 Å². The first-order valence-electron chi connectivity index (χ1n) is 6.60. The number of carbonyl (C=O) groups excluding carboxylic acids is 1. The molecule has 1 aromatic carbocycles. The molecule has 2 aromatic rings. The van der Waals surface area contributed by atoms with Crippen LogP contribution >= 0.6 is 11.3 Å². The molecule has 0 spiro atoms. The van der Waals surface area contributed by atoms with Crippen molar-refractivity contribution >= 4 is 22.9 Å². The van der Waals surface area contributed by atoms with Gasteiger partial charge in [-0.3, -0.25) is 4.79 Å². The minimum absolute atomic E-state index is 0.00792. The van der Waals surface area contributed by atoms with Crippen LogP contribution in [0.5, 0.6) is 0 Å². The van der Waals surface area contributed by atoms with E-state index in [1.54, 1.807) is 6.92 Å². The fraction of sp³-hybridized carbons (Fsp3) is 0.267. The summed E-state index contributed by atoms with van der Waals surface area (Å²) >= 11 is 1.12. The lowest BCUT2D eigenvalue weighted by molar-refractivity contribution is -0.137. The maximum Gasteiger partial charge on any atom is 0.416 e. The number of thiazole rings is 1. The molecule has 1 amide bonds. The van der Waals surface area contributed by atoms with Gasteiger partial charge < -0.3 is 4.90 Å². The molecule has 1 aromatic heterocycles. The number of amides is 1. The lowest BCUT2D eigenvalue weighted by Crippen LogP contribution is -2.32. The number of alkyl halides is 3. The summed E-state index contributed by atoms with van der Waals surface area (Å²) in [6, 6.07) is 6.40. The summed E-state index contributed by atoms with van der Waals surface area (Å²) in [6.07, 6.45) is -4.49. The van der Waals surface area contributed by atoms with E-state index in [9.17, 15) is 18.0 Å². The van der Waals surface area contributed by atoms with Crippen molar-refractivity contribution in [1.29, 1.82) is 5.26 Å². The second-order valence-electron chi connectivity index (χ2n) is 4.68. The molecule has 0 saturated carbocycles. The van der Waals surface area contributed by atoms with Crippen LogP contribution < -0.4 is 4.90 Å². The van der Waals surface area contributed by atoms with Gasteiger partial charge in [0.2, 0.25) is 0 Å². The van der Waals surface area contributed by atoms with Crippen LogP contribution in [0.1, 0.15) is 27.3 Å². The van der Waals surface area contributed by atoms with E-state index in [-0.39, 0.29) is 18.7 Å². The van der Waals surface area contributed by atoms with Crippen molar-refractivity contribution in [3.8, 4) is 6.07 Å². The van der Waals surface area contributed by atoms with Crippen molar-refractivity contribution in [2.45, 2.75) is 19.5 Å². The molecule has 2 rings (SSSR count). The van der Waals surface area contributed by atoms with E-state index in [0.29, 0.717) is 10.6 Å². The first-order chi connectivity index (χ1) is 10.8. The van der Waals surface area contributed by atoms with Crippen LogP contribution in [0.15, 0.2) is 29.8 Å². The van der Waals surface area contributed by atoms with Crippen molar-refractivity contribution in [1.82, 2.24) is 4.98 Å². The van der Waals surface area contributed by atoms with Crippen LogP contribution in [0, 0.1) is 18.3 Å². The predicted molar refractivity (Wildman–Crippen MR) is 80.2 cm³/mol. The van der Waals surface area contributed by atoms with Crippen LogP contribution in [0.3, 0.4) is 0 Å². The van der Waals surface area contributed by atoms with Gasteiger partial charge in [-0.25, -0.2) is 4.98 Å². The zero-order valence-electron chi connectivity index (χ0n) is 12.1. The maximum absolute atomic E-state index is 12.9. The number of nitriles is 1. The molecule has 0 fully saturated rings. The Bertz CT molecular complexity index is 749. The van der Waals surface area contributed by atoms with Crippen LogP contribution in [-0.4, -0.2) is 17.4 Å². The molecule has 0 radical (unpaired) electrons. The fourth-order valence-electron chi connectivity index (χ4n) is 1.99. The largest absolute Gasteiger partial charge is 0.416 e. The normalized spacial score (nSPS) is 11.1. The molecule has 0 atom stereocenters. The van der Waals surface area contributed by atoms with Crippen molar-refractivity contribution in [2.75, 3.05) is 11.4 Å². The first-order valence-corrected chi connectivity index (χ1v) is 7.48. The van der Waals surface area contributed by atoms with Gasteiger partial charge >= 0.3 is 6.18 Å². The van der Waals surface area contributed by atoms with Crippen molar-refractivity contribution in [3.63, 3.8) is 0 Å². The van der Waals surface area contributed by atoms with E-state index in [0.717, 1.165) is 23.5 Å². The van der Waals surface area contributed by atoms with E-state index in [1.807, 2.05) is 6.07 Å². The highest BCUT2D eigenvalue weighted by atomic mass is 32.1. The Morgan fingerprint density at radius 2 is 2.17 bits per heavy atom. The molecule has 0 aliphatic heterocycles. The third-order valence-corrected chi connectivity index (χ3v) is 4.03. The quantitative estimate of drug-likeness (QED) is 0.845. The Morgan fingerprint density at radius 3 is 2.74 bits per heavy atom. The molecule has 23 heavy (non-hydrogen) atoms. The number of benzene rings is 1. The fourth-order valence-corrected chi connectivity index (χ4v) is 2.74. The molecule has 1 heterocycles. The van der Waals surface area contributed by atoms with Gasteiger partial charge in [0.1, 0.15) is 4.88 Å².